The number of piperidine rings is 1. The number of benzene rings is 1. The number of amides is 1. The van der Waals surface area contributed by atoms with Crippen molar-refractivity contribution in [3.8, 4) is 0 Å². The number of carbonyl (C=O) groups is 1. The van der Waals surface area contributed by atoms with Crippen molar-refractivity contribution >= 4 is 11.6 Å². The molecule has 2 bridgehead atoms. The van der Waals surface area contributed by atoms with Crippen LogP contribution >= 0.6 is 0 Å². The summed E-state index contributed by atoms with van der Waals surface area (Å²) in [5, 5.41) is 3.66. The third-order valence-corrected chi connectivity index (χ3v) is 4.49. The molecular weight excluding hydrogens is 238 g/mol. The number of carbonyl (C=O) groups excluding carboxylic acids is 1. The van der Waals surface area contributed by atoms with Gasteiger partial charge in [0.05, 0.1) is 0 Å². The highest BCUT2D eigenvalue weighted by atomic mass is 16.1. The minimum Gasteiger partial charge on any atom is -0.382 e. The van der Waals surface area contributed by atoms with Crippen LogP contribution < -0.4 is 11.1 Å². The lowest BCUT2D eigenvalue weighted by molar-refractivity contribution is 0.1000. The number of anilines is 1. The fourth-order valence-corrected chi connectivity index (χ4v) is 3.32. The molecule has 3 atom stereocenters. The molecule has 3 N–H and O–H groups in total. The van der Waals surface area contributed by atoms with Gasteiger partial charge in [0, 0.05) is 30.4 Å². The standard InChI is InChI=1S/C15H21N3O/c1-10-8-11(15(16)19)2-3-13(10)17-14-5-7-18-6-4-12(14)9-18/h2-3,8,12,14,17H,4-7,9H2,1H3,(H2,16,19). The molecule has 0 saturated carbocycles. The van der Waals surface area contributed by atoms with Crippen molar-refractivity contribution in [1.82, 2.24) is 4.90 Å². The molecule has 19 heavy (non-hydrogen) atoms. The maximum atomic E-state index is 11.2. The Labute approximate surface area is 114 Å². The molecule has 0 spiro atoms. The Balaban J connectivity index is 1.74. The van der Waals surface area contributed by atoms with Gasteiger partial charge >= 0.3 is 0 Å². The van der Waals surface area contributed by atoms with Gasteiger partial charge < -0.3 is 16.0 Å². The van der Waals surface area contributed by atoms with Crippen LogP contribution in [0.5, 0.6) is 0 Å². The van der Waals surface area contributed by atoms with Crippen LogP contribution in [0.3, 0.4) is 0 Å². The molecule has 4 nitrogen and oxygen atoms in total. The van der Waals surface area contributed by atoms with Gasteiger partial charge in [-0.1, -0.05) is 0 Å². The van der Waals surface area contributed by atoms with E-state index in [0.717, 1.165) is 17.2 Å². The van der Waals surface area contributed by atoms with Gasteiger partial charge in [-0.2, -0.15) is 0 Å². The second-order valence-electron chi connectivity index (χ2n) is 5.78. The predicted molar refractivity (Wildman–Crippen MR) is 76.3 cm³/mol. The lowest BCUT2D eigenvalue weighted by atomic mass is 9.93. The number of hydrogen-bond donors (Lipinski definition) is 2. The van der Waals surface area contributed by atoms with Gasteiger partial charge in [-0.15, -0.1) is 0 Å². The van der Waals surface area contributed by atoms with Crippen molar-refractivity contribution in [3.63, 3.8) is 0 Å². The van der Waals surface area contributed by atoms with Crippen molar-refractivity contribution in [2.75, 3.05) is 25.0 Å². The monoisotopic (exact) mass is 259 g/mol. The minimum atomic E-state index is -0.362. The first-order valence-corrected chi connectivity index (χ1v) is 7.03. The van der Waals surface area contributed by atoms with Crippen LogP contribution in [0.1, 0.15) is 28.8 Å². The molecule has 2 heterocycles. The zero-order valence-electron chi connectivity index (χ0n) is 11.4. The average Bonchev–Trinajstić information content (AvgIpc) is 2.77. The SMILES string of the molecule is Cc1cc(C(N)=O)ccc1NC1CCN2CCC1C2. The van der Waals surface area contributed by atoms with Crippen molar-refractivity contribution in [3.05, 3.63) is 29.3 Å². The van der Waals surface area contributed by atoms with Crippen LogP contribution in [-0.4, -0.2) is 36.5 Å². The number of nitrogens with zero attached hydrogens (tertiary/aromatic N) is 1. The third kappa shape index (κ3) is 2.45. The van der Waals surface area contributed by atoms with E-state index in [4.69, 9.17) is 5.73 Å². The van der Waals surface area contributed by atoms with Crippen LogP contribution in [0.15, 0.2) is 18.2 Å². The fourth-order valence-electron chi connectivity index (χ4n) is 3.32. The summed E-state index contributed by atoms with van der Waals surface area (Å²) in [5.74, 6) is 0.405. The topological polar surface area (TPSA) is 58.4 Å². The van der Waals surface area contributed by atoms with Crippen LogP contribution in [-0.2, 0) is 0 Å². The first kappa shape index (κ1) is 12.5. The summed E-state index contributed by atoms with van der Waals surface area (Å²) in [6.45, 7) is 5.71. The molecule has 1 aromatic carbocycles. The summed E-state index contributed by atoms with van der Waals surface area (Å²) < 4.78 is 0. The van der Waals surface area contributed by atoms with E-state index in [2.05, 4.69) is 10.2 Å². The molecule has 2 aliphatic heterocycles. The molecule has 1 amide bonds. The van der Waals surface area contributed by atoms with Gasteiger partial charge in [0.2, 0.25) is 5.91 Å². The molecule has 3 rings (SSSR count). The number of primary amides is 1. The van der Waals surface area contributed by atoms with Gasteiger partial charge in [-0.05, 0) is 56.0 Å². The molecule has 2 saturated heterocycles. The molecule has 0 radical (unpaired) electrons. The van der Waals surface area contributed by atoms with Gasteiger partial charge in [0.1, 0.15) is 0 Å². The Morgan fingerprint density at radius 2 is 2.16 bits per heavy atom. The van der Waals surface area contributed by atoms with Crippen molar-refractivity contribution in [1.29, 1.82) is 0 Å². The van der Waals surface area contributed by atoms with E-state index in [-0.39, 0.29) is 5.91 Å². The van der Waals surface area contributed by atoms with Crippen LogP contribution in [0.25, 0.3) is 0 Å². The molecule has 2 aliphatic rings. The summed E-state index contributed by atoms with van der Waals surface area (Å²) >= 11 is 0. The molecule has 1 aromatic rings. The van der Waals surface area contributed by atoms with E-state index in [9.17, 15) is 4.79 Å². The van der Waals surface area contributed by atoms with Gasteiger partial charge in [-0.25, -0.2) is 0 Å². The predicted octanol–water partition coefficient (Wildman–Crippen LogP) is 1.60. The maximum absolute atomic E-state index is 11.2. The van der Waals surface area contributed by atoms with Gasteiger partial charge in [0.15, 0.2) is 0 Å². The highest BCUT2D eigenvalue weighted by Gasteiger charge is 2.34. The molecular formula is C15H21N3O. The zero-order valence-corrected chi connectivity index (χ0v) is 11.4. The number of fused-ring (bicyclic) bond motifs is 2. The van der Waals surface area contributed by atoms with E-state index in [1.165, 1.54) is 32.5 Å². The largest absolute Gasteiger partial charge is 0.382 e. The fraction of sp³-hybridized carbons (Fsp3) is 0.533. The Morgan fingerprint density at radius 1 is 1.37 bits per heavy atom. The van der Waals surface area contributed by atoms with Crippen molar-refractivity contribution in [2.24, 2.45) is 11.7 Å². The highest BCUT2D eigenvalue weighted by molar-refractivity contribution is 5.93. The van der Waals surface area contributed by atoms with Crippen molar-refractivity contribution in [2.45, 2.75) is 25.8 Å². The number of nitrogens with one attached hydrogen (secondary N) is 1. The second kappa shape index (κ2) is 4.85. The van der Waals surface area contributed by atoms with Crippen LogP contribution in [0, 0.1) is 12.8 Å². The number of aryl methyl sites for hydroxylation is 1. The quantitative estimate of drug-likeness (QED) is 0.867. The Hall–Kier alpha value is -1.55. The van der Waals surface area contributed by atoms with E-state index < -0.39 is 0 Å². The first-order valence-electron chi connectivity index (χ1n) is 7.03. The van der Waals surface area contributed by atoms with Gasteiger partial charge in [-0.3, -0.25) is 4.79 Å². The van der Waals surface area contributed by atoms with Crippen LogP contribution in [0.2, 0.25) is 0 Å². The number of hydrogen-bond acceptors (Lipinski definition) is 3. The summed E-state index contributed by atoms with van der Waals surface area (Å²) in [6, 6.07) is 6.23. The third-order valence-electron chi connectivity index (χ3n) is 4.49. The summed E-state index contributed by atoms with van der Waals surface area (Å²) in [7, 11) is 0. The summed E-state index contributed by atoms with van der Waals surface area (Å²) in [6.07, 6.45) is 2.51. The minimum absolute atomic E-state index is 0.362. The van der Waals surface area contributed by atoms with E-state index in [0.29, 0.717) is 11.6 Å². The first-order chi connectivity index (χ1) is 9.13. The molecule has 0 aromatic heterocycles. The Bertz CT molecular complexity index is 500. The molecule has 102 valence electrons. The normalized spacial score (nSPS) is 29.2. The van der Waals surface area contributed by atoms with E-state index >= 15 is 0 Å². The number of nitrogens with two attached hydrogens (primary N) is 1. The zero-order chi connectivity index (χ0) is 13.4. The Morgan fingerprint density at radius 3 is 2.89 bits per heavy atom. The lowest BCUT2D eigenvalue weighted by Crippen LogP contribution is -2.39. The lowest BCUT2D eigenvalue weighted by Gasteiger charge is -2.32. The van der Waals surface area contributed by atoms with Gasteiger partial charge in [0.25, 0.3) is 0 Å². The molecule has 0 aliphatic carbocycles. The smallest absolute Gasteiger partial charge is 0.248 e. The maximum Gasteiger partial charge on any atom is 0.248 e. The van der Waals surface area contributed by atoms with E-state index in [1.54, 1.807) is 6.07 Å². The number of rotatable bonds is 3. The summed E-state index contributed by atoms with van der Waals surface area (Å²) in [5.41, 5.74) is 8.11. The molecule has 3 unspecified atom stereocenters. The van der Waals surface area contributed by atoms with E-state index in [1.807, 2.05) is 19.1 Å². The molecule has 2 fully saturated rings. The van der Waals surface area contributed by atoms with Crippen LogP contribution in [0.4, 0.5) is 5.69 Å². The molecule has 4 heteroatoms. The second-order valence-corrected chi connectivity index (χ2v) is 5.78. The average molecular weight is 259 g/mol. The summed E-state index contributed by atoms with van der Waals surface area (Å²) in [4.78, 5) is 13.7. The highest BCUT2D eigenvalue weighted by Crippen LogP contribution is 2.30. The Kier molecular flexibility index (Phi) is 3.19. The van der Waals surface area contributed by atoms with Crippen molar-refractivity contribution < 1.29 is 4.79 Å².